The van der Waals surface area contributed by atoms with Gasteiger partial charge in [0.25, 0.3) is 0 Å². The van der Waals surface area contributed by atoms with Crippen LogP contribution in [0.1, 0.15) is 31.9 Å². The van der Waals surface area contributed by atoms with Crippen LogP contribution in [-0.4, -0.2) is 16.4 Å². The summed E-state index contributed by atoms with van der Waals surface area (Å²) < 4.78 is 13.3. The first-order valence-corrected chi connectivity index (χ1v) is 7.86. The Morgan fingerprint density at radius 1 is 0.818 bits per heavy atom. The van der Waals surface area contributed by atoms with Gasteiger partial charge in [0.15, 0.2) is 0 Å². The van der Waals surface area contributed by atoms with E-state index in [1.54, 1.807) is 0 Å². The summed E-state index contributed by atoms with van der Waals surface area (Å²) in [5.41, 5.74) is 2.54. The molecule has 0 atom stereocenters. The van der Waals surface area contributed by atoms with Crippen LogP contribution in [0.4, 0.5) is 0 Å². The van der Waals surface area contributed by atoms with Crippen molar-refractivity contribution in [2.24, 2.45) is 0 Å². The van der Waals surface area contributed by atoms with Gasteiger partial charge >= 0.3 is 6.41 Å². The van der Waals surface area contributed by atoms with E-state index in [0.717, 1.165) is 29.1 Å². The van der Waals surface area contributed by atoms with E-state index in [0.29, 0.717) is 0 Å². The first-order chi connectivity index (χ1) is 10.5. The van der Waals surface area contributed by atoms with E-state index in [4.69, 9.17) is 9.47 Å². The second-order valence-electron chi connectivity index (χ2n) is 7.28. The maximum atomic E-state index is 6.27. The van der Waals surface area contributed by atoms with Crippen LogP contribution in [0.3, 0.4) is 0 Å². The minimum absolute atomic E-state index is 0.0196. The van der Waals surface area contributed by atoms with E-state index in [2.05, 4.69) is 45.0 Å². The van der Waals surface area contributed by atoms with Crippen LogP contribution in [0.25, 0.3) is 0 Å². The summed E-state index contributed by atoms with van der Waals surface area (Å²) >= 11 is 0. The molecule has 0 amide bonds. The van der Waals surface area contributed by atoms with E-state index in [-0.39, 0.29) is 12.0 Å². The Bertz CT molecular complexity index is 666. The molecule has 0 fully saturated rings. The molecule has 4 rings (SSSR count). The lowest BCUT2D eigenvalue weighted by molar-refractivity contribution is -1.05. The lowest BCUT2D eigenvalue weighted by atomic mass is 9.95. The van der Waals surface area contributed by atoms with Gasteiger partial charge in [-0.15, -0.1) is 0 Å². The van der Waals surface area contributed by atoms with Crippen LogP contribution < -0.4 is 9.47 Å². The van der Waals surface area contributed by atoms with Gasteiger partial charge in [0.2, 0.25) is 0 Å². The predicted octanol–water partition coefficient (Wildman–Crippen LogP) is 4.07. The molecule has 0 bridgehead atoms. The standard InChI is InChI=1S/C19H22NO2/c1-19(2,3)20-12-14-8-4-6-10-16(14)21-18(20)22-17-11-7-5-9-15(17)13-20/h4-11,18H,12-13H2,1-3H3/q+1. The fraction of sp³-hybridized carbons (Fsp3) is 0.368. The number of quaternary nitrogens is 1. The molecule has 0 saturated carbocycles. The fourth-order valence-electron chi connectivity index (χ4n) is 3.55. The topological polar surface area (TPSA) is 18.5 Å². The second kappa shape index (κ2) is 4.50. The van der Waals surface area contributed by atoms with Crippen LogP contribution in [-0.2, 0) is 13.1 Å². The van der Waals surface area contributed by atoms with Crippen molar-refractivity contribution >= 4 is 0 Å². The first kappa shape index (κ1) is 13.6. The number of hydrogen-bond acceptors (Lipinski definition) is 2. The molecule has 3 nitrogen and oxygen atoms in total. The average molecular weight is 296 g/mol. The van der Waals surface area contributed by atoms with Crippen molar-refractivity contribution in [3.05, 3.63) is 59.7 Å². The van der Waals surface area contributed by atoms with Crippen LogP contribution in [0.5, 0.6) is 11.5 Å². The summed E-state index contributed by atoms with van der Waals surface area (Å²) in [5, 5.41) is 0. The van der Waals surface area contributed by atoms with Gasteiger partial charge in [-0.2, -0.15) is 0 Å². The van der Waals surface area contributed by atoms with Gasteiger partial charge < -0.3 is 9.47 Å². The Labute approximate surface area is 131 Å². The normalized spacial score (nSPS) is 26.0. The largest absolute Gasteiger partial charge is 0.409 e. The van der Waals surface area contributed by atoms with Crippen LogP contribution >= 0.6 is 0 Å². The summed E-state index contributed by atoms with van der Waals surface area (Å²) in [6.07, 6.45) is -0.287. The number of nitrogens with zero attached hydrogens (tertiary/aromatic N) is 1. The van der Waals surface area contributed by atoms with Crippen LogP contribution in [0, 0.1) is 0 Å². The predicted molar refractivity (Wildman–Crippen MR) is 85.3 cm³/mol. The first-order valence-electron chi connectivity index (χ1n) is 7.86. The fourth-order valence-corrected chi connectivity index (χ4v) is 3.55. The van der Waals surface area contributed by atoms with E-state index in [1.165, 1.54) is 11.1 Å². The molecule has 22 heavy (non-hydrogen) atoms. The zero-order valence-electron chi connectivity index (χ0n) is 13.4. The summed E-state index contributed by atoms with van der Waals surface area (Å²) in [4.78, 5) is 0. The number of rotatable bonds is 0. The van der Waals surface area contributed by atoms with Crippen molar-refractivity contribution in [1.29, 1.82) is 0 Å². The highest BCUT2D eigenvalue weighted by atomic mass is 16.7. The molecule has 0 aliphatic carbocycles. The molecule has 0 radical (unpaired) electrons. The van der Waals surface area contributed by atoms with Crippen molar-refractivity contribution in [3.63, 3.8) is 0 Å². The average Bonchev–Trinajstić information content (AvgIpc) is 2.49. The SMILES string of the molecule is CC(C)(C)[N+]12Cc3ccccc3OC1Oc1ccccc1C2. The molecule has 114 valence electrons. The molecule has 0 aromatic heterocycles. The Morgan fingerprint density at radius 2 is 1.27 bits per heavy atom. The van der Waals surface area contributed by atoms with Crippen molar-refractivity contribution in [1.82, 2.24) is 0 Å². The van der Waals surface area contributed by atoms with Gasteiger partial charge in [0.05, 0.1) is 5.54 Å². The lowest BCUT2D eigenvalue weighted by Crippen LogP contribution is -2.70. The third kappa shape index (κ3) is 1.85. The molecule has 2 aliphatic rings. The van der Waals surface area contributed by atoms with E-state index in [9.17, 15) is 0 Å². The Balaban J connectivity index is 1.86. The summed E-state index contributed by atoms with van der Waals surface area (Å²) in [5.74, 6) is 1.90. The molecule has 0 saturated heterocycles. The molecule has 0 N–H and O–H groups in total. The van der Waals surface area contributed by atoms with Gasteiger partial charge in [-0.3, -0.25) is 0 Å². The van der Waals surface area contributed by atoms with E-state index >= 15 is 0 Å². The zero-order valence-corrected chi connectivity index (χ0v) is 13.4. The molecule has 0 spiro atoms. The number of hydrogen-bond donors (Lipinski definition) is 0. The number of benzene rings is 2. The molecule has 2 aromatic rings. The lowest BCUT2D eigenvalue weighted by Gasteiger charge is -2.55. The van der Waals surface area contributed by atoms with E-state index in [1.807, 2.05) is 24.3 Å². The van der Waals surface area contributed by atoms with Crippen LogP contribution in [0.15, 0.2) is 48.5 Å². The quantitative estimate of drug-likeness (QED) is 0.682. The summed E-state index contributed by atoms with van der Waals surface area (Å²) in [7, 11) is 0. The third-order valence-electron chi connectivity index (χ3n) is 5.05. The van der Waals surface area contributed by atoms with Crippen molar-refractivity contribution in [3.8, 4) is 11.5 Å². The van der Waals surface area contributed by atoms with E-state index < -0.39 is 0 Å². The smallest absolute Gasteiger partial charge is 0.395 e. The molecular formula is C19H22NO2+. The third-order valence-corrected chi connectivity index (χ3v) is 5.05. The maximum Gasteiger partial charge on any atom is 0.395 e. The van der Waals surface area contributed by atoms with Crippen molar-refractivity contribution in [2.75, 3.05) is 0 Å². The van der Waals surface area contributed by atoms with Gasteiger partial charge in [0, 0.05) is 11.1 Å². The number of para-hydroxylation sites is 2. The monoisotopic (exact) mass is 296 g/mol. The molecule has 3 heteroatoms. The molecule has 2 aliphatic heterocycles. The van der Waals surface area contributed by atoms with Gasteiger partial charge in [0.1, 0.15) is 24.6 Å². The Morgan fingerprint density at radius 3 is 1.73 bits per heavy atom. The van der Waals surface area contributed by atoms with Crippen LogP contribution in [0.2, 0.25) is 0 Å². The van der Waals surface area contributed by atoms with Crippen molar-refractivity contribution < 1.29 is 14.0 Å². The minimum Gasteiger partial charge on any atom is -0.409 e. The molecule has 0 unspecified atom stereocenters. The highest BCUT2D eigenvalue weighted by Gasteiger charge is 2.55. The summed E-state index contributed by atoms with van der Waals surface area (Å²) in [6.45, 7) is 8.68. The molecule has 2 aromatic carbocycles. The Hall–Kier alpha value is -2.00. The van der Waals surface area contributed by atoms with Gasteiger partial charge in [-0.05, 0) is 45.0 Å². The van der Waals surface area contributed by atoms with Gasteiger partial charge in [-0.1, -0.05) is 24.3 Å². The molecule has 2 heterocycles. The van der Waals surface area contributed by atoms with Crippen molar-refractivity contribution in [2.45, 2.75) is 45.8 Å². The number of fused-ring (bicyclic) bond motifs is 3. The highest BCUT2D eigenvalue weighted by Crippen LogP contribution is 2.45. The van der Waals surface area contributed by atoms with Gasteiger partial charge in [-0.25, -0.2) is 4.48 Å². The molecular weight excluding hydrogens is 274 g/mol. The minimum atomic E-state index is -0.287. The maximum absolute atomic E-state index is 6.27. The second-order valence-corrected chi connectivity index (χ2v) is 7.28. The zero-order chi connectivity index (χ0) is 15.4. The number of ether oxygens (including phenoxy) is 2. The Kier molecular flexibility index (Phi) is 2.79. The highest BCUT2D eigenvalue weighted by molar-refractivity contribution is 5.37. The summed E-state index contributed by atoms with van der Waals surface area (Å²) in [6, 6.07) is 16.6.